The number of hydrogen-bond acceptors (Lipinski definition) is 23. The lowest BCUT2D eigenvalue weighted by Crippen LogP contribution is -2.41. The summed E-state index contributed by atoms with van der Waals surface area (Å²) in [6.07, 6.45) is 7.34. The van der Waals surface area contributed by atoms with Gasteiger partial charge in [-0.2, -0.15) is 8.78 Å². The summed E-state index contributed by atoms with van der Waals surface area (Å²) in [6, 6.07) is 9.32. The molecule has 3 N–H and O–H groups in total. The summed E-state index contributed by atoms with van der Waals surface area (Å²) in [6.45, 7) is 8.89. The number of aromatic nitrogens is 3. The Morgan fingerprint density at radius 1 is 0.564 bits per heavy atom. The van der Waals surface area contributed by atoms with Crippen LogP contribution in [0.4, 0.5) is 22.0 Å². The molecule has 23 nitrogen and oxygen atoms in total. The molecule has 101 heavy (non-hydrogen) atoms. The topological polar surface area (TPSA) is 286 Å². The molecule has 6 atom stereocenters. The molecule has 7 aliphatic rings. The number of sulfonamides is 2. The normalized spacial score (nSPS) is 21.0. The summed E-state index contributed by atoms with van der Waals surface area (Å²) in [4.78, 5) is 84.2. The molecule has 13 rings (SSSR count). The molecule has 0 unspecified atom stereocenters. The van der Waals surface area contributed by atoms with Crippen LogP contribution in [0.3, 0.4) is 0 Å². The number of amides is 1. The summed E-state index contributed by atoms with van der Waals surface area (Å²) >= 11 is 14.3. The number of allylic oxidation sites excluding steroid dienone is 2. The molecule has 3 aromatic carbocycles. The maximum absolute atomic E-state index is 13.9. The number of halogens is 8. The number of fused-ring (bicyclic) bond motifs is 3. The van der Waals surface area contributed by atoms with Gasteiger partial charge in [0.2, 0.25) is 15.9 Å². The molecule has 3 saturated heterocycles. The van der Waals surface area contributed by atoms with Crippen LogP contribution in [0.15, 0.2) is 152 Å². The standard InChI is InChI=1S/C23H24BrFN4O4S2.C22H22BrFN4O3S.C20H18BrF3N4O4S2/c1-2-33-23(30)19-18-9-13(11-27-35(31,32)15-4-5-15)12-29(18)21(22-26-7-8-34-22)28-20(19)16-6-3-14(25)10-17(16)24;1-3-31-22(30)18-17-8-13(10-26-12(2)29)11-28(17)20(21-25-6-7-32-21)27-19(18)15-5-4-14(24)9-16(15)23;1-2-32-19(29)15-14-8-11(27-34(30,31)20(23)24)9-28(14)17(18-25-5-6-33-18)26-16(15)12-4-3-10(22)7-13(12)21/h3,6-8,10,13,15,20,27H,2,4-5,9,11-12H2,1H3;4-7,9,13,19H,3,8,10-11H2,1-2H3,(H,26,29);3-7,11,16,20,27H,2,8-9H2,1H3/t13-,20+;13-,19+;11-,16+/m111/s1. The van der Waals surface area contributed by atoms with Crippen molar-refractivity contribution in [3.8, 4) is 0 Å². The highest BCUT2D eigenvalue weighted by atomic mass is 79.9. The van der Waals surface area contributed by atoms with Crippen LogP contribution < -0.4 is 14.8 Å². The molecule has 3 aromatic heterocycles. The largest absolute Gasteiger partial charge is 0.463 e. The van der Waals surface area contributed by atoms with Gasteiger partial charge in [0.25, 0.3) is 10.0 Å². The summed E-state index contributed by atoms with van der Waals surface area (Å²) in [5.41, 5.74) is 4.63. The van der Waals surface area contributed by atoms with E-state index in [0.717, 1.165) is 16.4 Å². The lowest BCUT2D eigenvalue weighted by molar-refractivity contribution is -0.140. The molecule has 4 fully saturated rings. The summed E-state index contributed by atoms with van der Waals surface area (Å²) in [7, 11) is -8.20. The lowest BCUT2D eigenvalue weighted by Gasteiger charge is -2.32. The third-order valence-electron chi connectivity index (χ3n) is 16.8. The van der Waals surface area contributed by atoms with Gasteiger partial charge in [0.1, 0.15) is 35.6 Å². The van der Waals surface area contributed by atoms with Gasteiger partial charge in [-0.1, -0.05) is 66.0 Å². The van der Waals surface area contributed by atoms with E-state index >= 15 is 0 Å². The monoisotopic (exact) mass is 1680 g/mol. The number of esters is 3. The van der Waals surface area contributed by atoms with Crippen molar-refractivity contribution in [3.05, 3.63) is 186 Å². The van der Waals surface area contributed by atoms with Crippen LogP contribution in [-0.2, 0) is 53.4 Å². The van der Waals surface area contributed by atoms with E-state index in [-0.39, 0.29) is 73.7 Å². The molecular formula is C65H64Br3F5N12O11S5. The quantitative estimate of drug-likeness (QED) is 0.0343. The van der Waals surface area contributed by atoms with Gasteiger partial charge in [-0.15, -0.1) is 34.0 Å². The fraction of sp³-hybridized carbons (Fsp3) is 0.385. The van der Waals surface area contributed by atoms with Gasteiger partial charge in [-0.25, -0.2) is 68.8 Å². The number of ether oxygens (including phenoxy) is 3. The number of amidine groups is 3. The van der Waals surface area contributed by atoms with Crippen LogP contribution in [0.25, 0.3) is 0 Å². The van der Waals surface area contributed by atoms with Gasteiger partial charge < -0.3 is 34.2 Å². The van der Waals surface area contributed by atoms with Crippen LogP contribution in [0.5, 0.6) is 0 Å². The SMILES string of the molecule is CCOC(=O)C1=C2C[C@@H](NS(=O)(=O)C(F)F)CN2C(c2nccs2)=N[C@H]1c1ccc(F)cc1Br.CCOC(=O)C1=C2C[C@H](CNC(C)=O)CN2C(c2nccs2)=N[C@H]1c1ccc(F)cc1Br.CCOC(=O)C1=C2C[C@H](CNS(=O)(=O)C3CC3)CN2C(c2nccs2)=N[C@H]1c1ccc(F)cc1Br. The van der Waals surface area contributed by atoms with Crippen molar-refractivity contribution in [1.82, 2.24) is 44.4 Å². The zero-order chi connectivity index (χ0) is 72.2. The van der Waals surface area contributed by atoms with Gasteiger partial charge >= 0.3 is 23.7 Å². The minimum atomic E-state index is -4.87. The van der Waals surface area contributed by atoms with Crippen molar-refractivity contribution in [2.45, 2.75) is 95.0 Å². The molecule has 6 aliphatic heterocycles. The number of carbonyl (C=O) groups excluding carboxylic acids is 4. The first-order valence-corrected chi connectivity index (χ1v) is 39.7. The number of alkyl halides is 2. The van der Waals surface area contributed by atoms with Gasteiger partial charge in [-0.3, -0.25) is 19.8 Å². The average molecular weight is 1680 g/mol. The molecule has 1 saturated carbocycles. The number of nitrogens with one attached hydrogen (secondary N) is 3. The predicted octanol–water partition coefficient (Wildman–Crippen LogP) is 11.2. The first kappa shape index (κ1) is 75.1. The molecule has 36 heteroatoms. The first-order chi connectivity index (χ1) is 48.3. The van der Waals surface area contributed by atoms with Crippen molar-refractivity contribution >= 4 is 143 Å². The van der Waals surface area contributed by atoms with Crippen molar-refractivity contribution in [2.24, 2.45) is 26.8 Å². The van der Waals surface area contributed by atoms with Crippen molar-refractivity contribution in [3.63, 3.8) is 0 Å². The van der Waals surface area contributed by atoms with Crippen molar-refractivity contribution < 1.29 is 72.2 Å². The summed E-state index contributed by atoms with van der Waals surface area (Å²) in [5.74, 6) is -4.97. The molecule has 1 aliphatic carbocycles. The number of nitrogens with zero attached hydrogens (tertiary/aromatic N) is 9. The molecular weight excluding hydrogens is 1620 g/mol. The highest BCUT2D eigenvalue weighted by Crippen LogP contribution is 2.48. The molecule has 536 valence electrons. The second kappa shape index (κ2) is 32.3. The number of thiazole rings is 3. The Hall–Kier alpha value is -7.03. The van der Waals surface area contributed by atoms with Gasteiger partial charge in [0.05, 0.1) is 41.8 Å². The van der Waals surface area contributed by atoms with Crippen molar-refractivity contribution in [1.29, 1.82) is 0 Å². The van der Waals surface area contributed by atoms with Gasteiger partial charge in [0, 0.05) is 117 Å². The van der Waals surface area contributed by atoms with E-state index in [2.05, 4.69) is 72.8 Å². The molecule has 0 radical (unpaired) electrons. The molecule has 9 heterocycles. The Morgan fingerprint density at radius 3 is 1.26 bits per heavy atom. The van der Waals surface area contributed by atoms with E-state index in [1.807, 2.05) is 25.3 Å². The number of rotatable bonds is 21. The van der Waals surface area contributed by atoms with Crippen LogP contribution in [-0.4, -0.2) is 157 Å². The zero-order valence-corrected chi connectivity index (χ0v) is 62.9. The number of hydrogen-bond donors (Lipinski definition) is 3. The Balaban J connectivity index is 0.000000153. The Kier molecular flexibility index (Phi) is 24.0. The fourth-order valence-corrected chi connectivity index (χ4v) is 18.2. The number of benzene rings is 3. The third kappa shape index (κ3) is 17.0. The second-order valence-electron chi connectivity index (χ2n) is 23.6. The molecule has 0 bridgehead atoms. The maximum Gasteiger partial charge on any atom is 0.350 e. The van der Waals surface area contributed by atoms with Crippen LogP contribution in [0.1, 0.15) is 110 Å². The smallest absolute Gasteiger partial charge is 0.350 e. The van der Waals surface area contributed by atoms with E-state index in [0.29, 0.717) is 120 Å². The fourth-order valence-electron chi connectivity index (χ4n) is 12.4. The van der Waals surface area contributed by atoms with E-state index in [1.165, 1.54) is 83.4 Å². The van der Waals surface area contributed by atoms with E-state index < -0.39 is 79.5 Å². The first-order valence-electron chi connectivity index (χ1n) is 31.6. The lowest BCUT2D eigenvalue weighted by atomic mass is 9.94. The van der Waals surface area contributed by atoms with Crippen LogP contribution in [0, 0.1) is 29.3 Å². The Labute approximate surface area is 615 Å². The van der Waals surface area contributed by atoms with Crippen molar-refractivity contribution in [2.75, 3.05) is 52.5 Å². The average Bonchev–Trinajstić information content (AvgIpc) is 1.68. The summed E-state index contributed by atoms with van der Waals surface area (Å²) < 4.78 is 138. The Morgan fingerprint density at radius 2 is 0.931 bits per heavy atom. The molecule has 0 spiro atoms. The predicted molar refractivity (Wildman–Crippen MR) is 379 cm³/mol. The minimum absolute atomic E-state index is 0.0418. The number of carbonyl (C=O) groups is 4. The van der Waals surface area contributed by atoms with Gasteiger partial charge in [-0.05, 0) is 111 Å². The van der Waals surface area contributed by atoms with E-state index in [9.17, 15) is 58.0 Å². The van der Waals surface area contributed by atoms with E-state index in [1.54, 1.807) is 61.8 Å². The van der Waals surface area contributed by atoms with Crippen LogP contribution >= 0.6 is 81.8 Å². The zero-order valence-electron chi connectivity index (χ0n) is 54.1. The minimum Gasteiger partial charge on any atom is -0.463 e. The summed E-state index contributed by atoms with van der Waals surface area (Å²) in [5, 5.41) is 9.92. The number of aliphatic imine (C=N–C) groups is 3. The van der Waals surface area contributed by atoms with Gasteiger partial charge in [0.15, 0.2) is 32.5 Å². The highest BCUT2D eigenvalue weighted by Gasteiger charge is 2.47. The highest BCUT2D eigenvalue weighted by molar-refractivity contribution is 9.11. The van der Waals surface area contributed by atoms with Crippen LogP contribution in [0.2, 0.25) is 0 Å². The Bertz CT molecular complexity index is 4590. The molecule has 1 amide bonds. The second-order valence-corrected chi connectivity index (χ2v) is 32.6. The third-order valence-corrected chi connectivity index (χ3v) is 24.2. The van der Waals surface area contributed by atoms with E-state index in [4.69, 9.17) is 29.2 Å². The maximum atomic E-state index is 13.9. The molecule has 6 aromatic rings.